The Kier molecular flexibility index (Phi) is 5.10. The highest BCUT2D eigenvalue weighted by Gasteiger charge is 2.17. The van der Waals surface area contributed by atoms with E-state index in [0.717, 1.165) is 12.8 Å². The molecule has 1 atom stereocenters. The second-order valence-corrected chi connectivity index (χ2v) is 6.30. The van der Waals surface area contributed by atoms with Gasteiger partial charge in [0.25, 0.3) is 0 Å². The average Bonchev–Trinajstić information content (AvgIpc) is 2.38. The van der Waals surface area contributed by atoms with Crippen LogP contribution in [-0.4, -0.2) is 36.5 Å². The number of aryl methyl sites for hydroxylation is 1. The lowest BCUT2D eigenvalue weighted by molar-refractivity contribution is 0.235. The van der Waals surface area contributed by atoms with Crippen LogP contribution in [0.25, 0.3) is 0 Å². The van der Waals surface area contributed by atoms with Gasteiger partial charge in [0.1, 0.15) is 0 Å². The van der Waals surface area contributed by atoms with Crippen molar-refractivity contribution >= 4 is 11.8 Å². The molecule has 1 N–H and O–H groups in total. The fourth-order valence-electron chi connectivity index (χ4n) is 2.60. The van der Waals surface area contributed by atoms with Crippen molar-refractivity contribution in [1.29, 1.82) is 0 Å². The van der Waals surface area contributed by atoms with E-state index in [1.807, 2.05) is 11.8 Å². The van der Waals surface area contributed by atoms with E-state index in [9.17, 15) is 0 Å². The molecule has 0 aliphatic carbocycles. The van der Waals surface area contributed by atoms with E-state index in [1.54, 1.807) is 0 Å². The van der Waals surface area contributed by atoms with Crippen molar-refractivity contribution in [3.8, 4) is 0 Å². The third-order valence-corrected chi connectivity index (χ3v) is 4.78. The van der Waals surface area contributed by atoms with Crippen molar-refractivity contribution in [2.75, 3.05) is 26.5 Å². The van der Waals surface area contributed by atoms with Gasteiger partial charge in [-0.25, -0.2) is 0 Å². The Bertz CT molecular complexity index is 392. The molecule has 1 heterocycles. The first kappa shape index (κ1) is 13.9. The van der Waals surface area contributed by atoms with Gasteiger partial charge in [-0.3, -0.25) is 0 Å². The molecule has 0 saturated carbocycles. The maximum atomic E-state index is 9.01. The second kappa shape index (κ2) is 6.60. The zero-order valence-corrected chi connectivity index (χ0v) is 12.2. The Morgan fingerprint density at radius 1 is 1.39 bits per heavy atom. The van der Waals surface area contributed by atoms with Crippen LogP contribution in [0.2, 0.25) is 0 Å². The molecule has 0 fully saturated rings. The summed E-state index contributed by atoms with van der Waals surface area (Å²) in [6.45, 7) is 0.283. The quantitative estimate of drug-likeness (QED) is 0.885. The lowest BCUT2D eigenvalue weighted by Crippen LogP contribution is -2.20. The van der Waals surface area contributed by atoms with E-state index < -0.39 is 0 Å². The number of benzene rings is 1. The van der Waals surface area contributed by atoms with Crippen molar-refractivity contribution < 1.29 is 5.11 Å². The van der Waals surface area contributed by atoms with Gasteiger partial charge in [0.05, 0.1) is 0 Å². The van der Waals surface area contributed by atoms with Crippen LogP contribution in [0, 0.1) is 0 Å². The number of nitrogens with zero attached hydrogens (tertiary/aromatic N) is 1. The Morgan fingerprint density at radius 3 is 2.94 bits per heavy atom. The van der Waals surface area contributed by atoms with Crippen LogP contribution in [0.1, 0.15) is 36.4 Å². The monoisotopic (exact) mass is 265 g/mol. The molecule has 2 nitrogen and oxygen atoms in total. The van der Waals surface area contributed by atoms with Crippen LogP contribution in [0.5, 0.6) is 0 Å². The summed E-state index contributed by atoms with van der Waals surface area (Å²) < 4.78 is 0. The summed E-state index contributed by atoms with van der Waals surface area (Å²) in [6.07, 6.45) is 4.41. The molecule has 1 aromatic carbocycles. The number of rotatable bonds is 5. The van der Waals surface area contributed by atoms with Gasteiger partial charge >= 0.3 is 0 Å². The molecule has 0 radical (unpaired) electrons. The van der Waals surface area contributed by atoms with Gasteiger partial charge in [-0.15, -0.1) is 11.8 Å². The summed E-state index contributed by atoms with van der Waals surface area (Å²) in [5.74, 6) is 1.26. The molecule has 0 spiro atoms. The van der Waals surface area contributed by atoms with Gasteiger partial charge in [0.2, 0.25) is 0 Å². The number of hydrogen-bond acceptors (Lipinski definition) is 3. The van der Waals surface area contributed by atoms with Gasteiger partial charge in [0, 0.05) is 17.5 Å². The smallest absolute Gasteiger partial charge is 0.0431 e. The molecular formula is C15H23NOS. The maximum Gasteiger partial charge on any atom is 0.0431 e. The molecule has 100 valence electrons. The molecule has 0 bridgehead atoms. The first-order chi connectivity index (χ1) is 8.72. The normalized spacial score (nSPS) is 16.7. The highest BCUT2D eigenvalue weighted by Crippen LogP contribution is 2.33. The third kappa shape index (κ3) is 3.28. The largest absolute Gasteiger partial charge is 0.396 e. The Labute approximate surface area is 114 Å². The van der Waals surface area contributed by atoms with Crippen molar-refractivity contribution in [3.63, 3.8) is 0 Å². The first-order valence-electron chi connectivity index (χ1n) is 6.75. The van der Waals surface area contributed by atoms with Crippen LogP contribution in [0.4, 0.5) is 0 Å². The lowest BCUT2D eigenvalue weighted by Gasteiger charge is -2.26. The molecule has 3 heteroatoms. The number of fused-ring (bicyclic) bond motifs is 1. The predicted molar refractivity (Wildman–Crippen MR) is 78.2 cm³/mol. The van der Waals surface area contributed by atoms with Gasteiger partial charge in [-0.05, 0) is 62.7 Å². The zero-order chi connectivity index (χ0) is 13.0. The number of hydrogen-bond donors (Lipinski definition) is 1. The second-order valence-electron chi connectivity index (χ2n) is 5.16. The van der Waals surface area contributed by atoms with E-state index in [4.69, 9.17) is 5.11 Å². The summed E-state index contributed by atoms with van der Waals surface area (Å²) in [7, 11) is 4.24. The number of thioether (sulfide) groups is 1. The van der Waals surface area contributed by atoms with Crippen LogP contribution < -0.4 is 0 Å². The van der Waals surface area contributed by atoms with Gasteiger partial charge in [0.15, 0.2) is 0 Å². The number of aliphatic hydroxyl groups is 1. The minimum absolute atomic E-state index is 0.283. The Morgan fingerprint density at radius 2 is 2.22 bits per heavy atom. The van der Waals surface area contributed by atoms with Crippen LogP contribution >= 0.6 is 11.8 Å². The Hall–Kier alpha value is -0.510. The number of aliphatic hydroxyl groups excluding tert-OH is 1. The van der Waals surface area contributed by atoms with Crippen LogP contribution in [0.3, 0.4) is 0 Å². The minimum atomic E-state index is 0.283. The van der Waals surface area contributed by atoms with Gasteiger partial charge < -0.3 is 10.0 Å². The van der Waals surface area contributed by atoms with Crippen molar-refractivity contribution in [2.45, 2.75) is 36.6 Å². The van der Waals surface area contributed by atoms with E-state index in [2.05, 4.69) is 37.2 Å². The summed E-state index contributed by atoms with van der Waals surface area (Å²) in [4.78, 5) is 3.72. The summed E-state index contributed by atoms with van der Waals surface area (Å²) in [5.41, 5.74) is 2.91. The van der Waals surface area contributed by atoms with E-state index in [1.165, 1.54) is 34.6 Å². The van der Waals surface area contributed by atoms with E-state index >= 15 is 0 Å². The molecule has 0 saturated heterocycles. The van der Waals surface area contributed by atoms with Crippen LogP contribution in [0.15, 0.2) is 23.1 Å². The molecule has 1 unspecified atom stereocenters. The topological polar surface area (TPSA) is 23.5 Å². The fourth-order valence-corrected chi connectivity index (χ4v) is 3.61. The molecular weight excluding hydrogens is 242 g/mol. The molecule has 0 aromatic heterocycles. The highest BCUT2D eigenvalue weighted by atomic mass is 32.2. The molecule has 2 rings (SSSR count). The lowest BCUT2D eigenvalue weighted by atomic mass is 9.97. The van der Waals surface area contributed by atoms with Crippen LogP contribution in [-0.2, 0) is 6.42 Å². The van der Waals surface area contributed by atoms with Gasteiger partial charge in [-0.2, -0.15) is 0 Å². The zero-order valence-electron chi connectivity index (χ0n) is 11.4. The third-order valence-electron chi connectivity index (χ3n) is 3.58. The standard InChI is InChI=1S/C15H23NOS/c1-16(2)14(6-3-9-17)12-7-8-15-13(11-12)5-4-10-18-15/h7-8,11,14,17H,3-6,9-10H2,1-2H3. The maximum absolute atomic E-state index is 9.01. The van der Waals surface area contributed by atoms with Gasteiger partial charge in [-0.1, -0.05) is 12.1 Å². The average molecular weight is 265 g/mol. The minimum Gasteiger partial charge on any atom is -0.396 e. The summed E-state index contributed by atoms with van der Waals surface area (Å²) >= 11 is 1.98. The molecule has 18 heavy (non-hydrogen) atoms. The predicted octanol–water partition coefficient (Wildman–Crippen LogP) is 3.10. The van der Waals surface area contributed by atoms with E-state index in [-0.39, 0.29) is 6.61 Å². The van der Waals surface area contributed by atoms with Crippen molar-refractivity contribution in [2.24, 2.45) is 0 Å². The molecule has 1 aromatic rings. The molecule has 1 aliphatic heterocycles. The first-order valence-corrected chi connectivity index (χ1v) is 7.74. The molecule has 0 amide bonds. The SMILES string of the molecule is CN(C)C(CCCO)c1ccc2c(c1)CCCS2. The fraction of sp³-hybridized carbons (Fsp3) is 0.600. The highest BCUT2D eigenvalue weighted by molar-refractivity contribution is 7.99. The van der Waals surface area contributed by atoms with E-state index in [0.29, 0.717) is 6.04 Å². The molecule has 1 aliphatic rings. The Balaban J connectivity index is 2.19. The summed E-state index contributed by atoms with van der Waals surface area (Å²) in [5, 5.41) is 9.01. The van der Waals surface area contributed by atoms with Crippen molar-refractivity contribution in [3.05, 3.63) is 29.3 Å². The van der Waals surface area contributed by atoms with Crippen molar-refractivity contribution in [1.82, 2.24) is 4.90 Å². The summed E-state index contributed by atoms with van der Waals surface area (Å²) in [6, 6.07) is 7.35.